The van der Waals surface area contributed by atoms with Crippen LogP contribution in [-0.2, 0) is 0 Å². The van der Waals surface area contributed by atoms with Gasteiger partial charge in [-0.2, -0.15) is 0 Å². The molecule has 3 amide bonds. The van der Waals surface area contributed by atoms with Crippen LogP contribution in [-0.4, -0.2) is 60.1 Å². The van der Waals surface area contributed by atoms with Gasteiger partial charge in [0.2, 0.25) is 0 Å². The first-order valence-corrected chi connectivity index (χ1v) is 15.2. The van der Waals surface area contributed by atoms with E-state index in [1.165, 1.54) is 41.9 Å². The average Bonchev–Trinajstić information content (AvgIpc) is 3.62. The number of ether oxygens (including phenoxy) is 1. The molecule has 10 nitrogen and oxygen atoms in total. The molecule has 1 fully saturated rings. The van der Waals surface area contributed by atoms with E-state index in [-0.39, 0.29) is 11.9 Å². The Balaban J connectivity index is 1.18. The zero-order chi connectivity index (χ0) is 28.6. The number of amides is 3. The number of benzene rings is 2. The summed E-state index contributed by atoms with van der Waals surface area (Å²) in [4.78, 5) is 37.4. The van der Waals surface area contributed by atoms with E-state index in [0.717, 1.165) is 37.3 Å². The zero-order valence-corrected chi connectivity index (χ0v) is 24.4. The van der Waals surface area contributed by atoms with E-state index in [4.69, 9.17) is 15.5 Å². The van der Waals surface area contributed by atoms with Gasteiger partial charge >= 0.3 is 6.03 Å². The van der Waals surface area contributed by atoms with Crippen LogP contribution in [0.1, 0.15) is 36.0 Å². The van der Waals surface area contributed by atoms with Gasteiger partial charge in [-0.15, -0.1) is 11.3 Å². The quantitative estimate of drug-likeness (QED) is 0.172. The summed E-state index contributed by atoms with van der Waals surface area (Å²) >= 11 is 2.73. The van der Waals surface area contributed by atoms with Gasteiger partial charge in [-0.3, -0.25) is 10.1 Å². The van der Waals surface area contributed by atoms with Crippen LogP contribution in [0.25, 0.3) is 21.1 Å². The fourth-order valence-electron chi connectivity index (χ4n) is 4.60. The number of anilines is 3. The topological polar surface area (TPSA) is 134 Å². The number of nitrogens with zero attached hydrogens (tertiary/aromatic N) is 3. The molecule has 1 aliphatic rings. The minimum absolute atomic E-state index is 0.233. The number of nitrogens with two attached hydrogens (primary N) is 1. The van der Waals surface area contributed by atoms with Crippen molar-refractivity contribution < 1.29 is 14.3 Å². The Morgan fingerprint density at radius 2 is 1.88 bits per heavy atom. The predicted octanol–water partition coefficient (Wildman–Crippen LogP) is 5.77. The first-order valence-electron chi connectivity index (χ1n) is 13.5. The van der Waals surface area contributed by atoms with Crippen LogP contribution in [0.2, 0.25) is 0 Å². The molecular weight excluding hydrogens is 558 g/mol. The highest BCUT2D eigenvalue weighted by molar-refractivity contribution is 7.23. The summed E-state index contributed by atoms with van der Waals surface area (Å²) in [5.41, 5.74) is 8.93. The molecule has 4 aromatic rings. The van der Waals surface area contributed by atoms with Crippen LogP contribution in [0.4, 0.5) is 21.4 Å². The Bertz CT molecular complexity index is 1500. The lowest BCUT2D eigenvalue weighted by Gasteiger charge is -2.26. The molecule has 1 saturated heterocycles. The van der Waals surface area contributed by atoms with Crippen LogP contribution < -0.4 is 26.4 Å². The monoisotopic (exact) mass is 591 g/mol. The molecule has 0 saturated carbocycles. The van der Waals surface area contributed by atoms with Crippen molar-refractivity contribution in [3.63, 3.8) is 0 Å². The second-order valence-corrected chi connectivity index (χ2v) is 11.5. The van der Waals surface area contributed by atoms with Crippen LogP contribution in [0.5, 0.6) is 5.75 Å². The number of piperidine rings is 1. The van der Waals surface area contributed by atoms with Crippen molar-refractivity contribution >= 4 is 51.2 Å². The van der Waals surface area contributed by atoms with Crippen molar-refractivity contribution in [2.24, 2.45) is 0 Å². The van der Waals surface area contributed by atoms with Gasteiger partial charge in [0.15, 0.2) is 5.13 Å². The second kappa shape index (κ2) is 13.6. The number of aromatic nitrogens is 2. The van der Waals surface area contributed by atoms with Gasteiger partial charge in [-0.25, -0.2) is 14.8 Å². The van der Waals surface area contributed by atoms with Gasteiger partial charge < -0.3 is 26.0 Å². The van der Waals surface area contributed by atoms with Gasteiger partial charge in [-0.05, 0) is 69.2 Å². The third kappa shape index (κ3) is 7.60. The average molecular weight is 592 g/mol. The minimum atomic E-state index is -0.295. The Hall–Kier alpha value is -4.00. The lowest BCUT2D eigenvalue weighted by atomic mass is 10.1. The van der Waals surface area contributed by atoms with Crippen molar-refractivity contribution in [1.82, 2.24) is 20.2 Å². The standard InChI is InChI=1S/C29H33N7O3S2/c1-39-22-11-6-9-20(17-22)26(37)32-21-10-5-8-19(16-21)23-18-40-27(33-23)24-25(30)34-29(41-24)35-28(38)31-12-7-15-36-13-3-2-4-14-36/h5-6,8-11,16-18H,2-4,7,12-15,30H2,1H3,(H,32,37)(H2,31,34,35,38). The molecule has 214 valence electrons. The Kier molecular flexibility index (Phi) is 9.44. The maximum absolute atomic E-state index is 12.7. The normalized spacial score (nSPS) is 13.5. The highest BCUT2D eigenvalue weighted by atomic mass is 32.1. The third-order valence-electron chi connectivity index (χ3n) is 6.71. The highest BCUT2D eigenvalue weighted by Gasteiger charge is 2.17. The number of nitrogen functional groups attached to an aromatic ring is 1. The number of urea groups is 1. The van der Waals surface area contributed by atoms with Gasteiger partial charge in [0.05, 0.1) is 12.8 Å². The summed E-state index contributed by atoms with van der Waals surface area (Å²) in [6.45, 7) is 3.90. The SMILES string of the molecule is COc1cccc(C(=O)Nc2cccc(-c3csc(-c4sc(NC(=O)NCCCN5CCCCC5)nc4N)n3)c2)c1. The van der Waals surface area contributed by atoms with E-state index < -0.39 is 0 Å². The predicted molar refractivity (Wildman–Crippen MR) is 166 cm³/mol. The van der Waals surface area contributed by atoms with E-state index in [1.54, 1.807) is 31.4 Å². The van der Waals surface area contributed by atoms with Crippen LogP contribution in [0, 0.1) is 0 Å². The lowest BCUT2D eigenvalue weighted by Crippen LogP contribution is -2.34. The molecule has 0 unspecified atom stereocenters. The number of nitrogens with one attached hydrogen (secondary N) is 3. The number of methoxy groups -OCH3 is 1. The molecule has 0 atom stereocenters. The number of hydrogen-bond donors (Lipinski definition) is 4. The van der Waals surface area contributed by atoms with Gasteiger partial charge in [0.25, 0.3) is 5.91 Å². The number of thiazole rings is 2. The number of likely N-dealkylation sites (tertiary alicyclic amines) is 1. The summed E-state index contributed by atoms with van der Waals surface area (Å²) in [5.74, 6) is 0.699. The van der Waals surface area contributed by atoms with E-state index in [2.05, 4.69) is 25.8 Å². The van der Waals surface area contributed by atoms with E-state index in [9.17, 15) is 9.59 Å². The van der Waals surface area contributed by atoms with Crippen molar-refractivity contribution in [2.75, 3.05) is 49.7 Å². The maximum Gasteiger partial charge on any atom is 0.321 e. The van der Waals surface area contributed by atoms with Crippen molar-refractivity contribution in [2.45, 2.75) is 25.7 Å². The molecule has 0 bridgehead atoms. The molecular formula is C29H33N7O3S2. The number of carbonyl (C=O) groups is 2. The summed E-state index contributed by atoms with van der Waals surface area (Å²) in [7, 11) is 1.56. The van der Waals surface area contributed by atoms with Crippen LogP contribution >= 0.6 is 22.7 Å². The molecule has 5 N–H and O–H groups in total. The molecule has 3 heterocycles. The van der Waals surface area contributed by atoms with Gasteiger partial charge in [-0.1, -0.05) is 36.0 Å². The molecule has 0 spiro atoms. The molecule has 5 rings (SSSR count). The van der Waals surface area contributed by atoms with E-state index in [0.29, 0.717) is 44.4 Å². The molecule has 2 aromatic heterocycles. The summed E-state index contributed by atoms with van der Waals surface area (Å²) in [6.07, 6.45) is 4.75. The van der Waals surface area contributed by atoms with Crippen molar-refractivity contribution in [3.8, 4) is 26.9 Å². The first-order chi connectivity index (χ1) is 20.0. The third-order valence-corrected chi connectivity index (χ3v) is 8.69. The lowest BCUT2D eigenvalue weighted by molar-refractivity contribution is 0.102. The molecule has 1 aliphatic heterocycles. The van der Waals surface area contributed by atoms with Crippen LogP contribution in [0.3, 0.4) is 0 Å². The molecule has 0 radical (unpaired) electrons. The molecule has 2 aromatic carbocycles. The molecule has 41 heavy (non-hydrogen) atoms. The second-order valence-electron chi connectivity index (χ2n) is 9.67. The zero-order valence-electron chi connectivity index (χ0n) is 22.8. The maximum atomic E-state index is 12.7. The summed E-state index contributed by atoms with van der Waals surface area (Å²) < 4.78 is 5.21. The largest absolute Gasteiger partial charge is 0.497 e. The van der Waals surface area contributed by atoms with E-state index in [1.807, 2.05) is 29.6 Å². The minimum Gasteiger partial charge on any atom is -0.497 e. The Morgan fingerprint density at radius 1 is 1.05 bits per heavy atom. The van der Waals surface area contributed by atoms with Crippen LogP contribution in [0.15, 0.2) is 53.9 Å². The number of carbonyl (C=O) groups excluding carboxylic acids is 2. The molecule has 0 aliphatic carbocycles. The van der Waals surface area contributed by atoms with Gasteiger partial charge in [0, 0.05) is 28.7 Å². The fraction of sp³-hybridized carbons (Fsp3) is 0.310. The molecule has 12 heteroatoms. The first kappa shape index (κ1) is 28.5. The Labute approximate surface area is 247 Å². The Morgan fingerprint density at radius 3 is 2.71 bits per heavy atom. The summed E-state index contributed by atoms with van der Waals surface area (Å²) in [6, 6.07) is 14.2. The van der Waals surface area contributed by atoms with E-state index >= 15 is 0 Å². The highest BCUT2D eigenvalue weighted by Crippen LogP contribution is 2.38. The van der Waals surface area contributed by atoms with Crippen molar-refractivity contribution in [3.05, 3.63) is 59.5 Å². The number of hydrogen-bond acceptors (Lipinski definition) is 9. The summed E-state index contributed by atoms with van der Waals surface area (Å²) in [5, 5.41) is 11.7. The fourth-order valence-corrected chi connectivity index (χ4v) is 6.41. The van der Waals surface area contributed by atoms with Gasteiger partial charge in [0.1, 0.15) is 21.5 Å². The number of rotatable bonds is 10. The van der Waals surface area contributed by atoms with Crippen molar-refractivity contribution in [1.29, 1.82) is 0 Å². The smallest absolute Gasteiger partial charge is 0.321 e.